The van der Waals surface area contributed by atoms with E-state index >= 15 is 0 Å². The highest BCUT2D eigenvalue weighted by molar-refractivity contribution is 7.87. The van der Waals surface area contributed by atoms with Gasteiger partial charge in [-0.15, -0.1) is 0 Å². The smallest absolute Gasteiger partial charge is 0.339 e. The predicted octanol–water partition coefficient (Wildman–Crippen LogP) is 3.18. The fourth-order valence-electron chi connectivity index (χ4n) is 4.67. The summed E-state index contributed by atoms with van der Waals surface area (Å²) in [5.41, 5.74) is 1.04. The molecular weight excluding hydrogens is 632 g/mol. The molecule has 4 rings (SSSR count). The van der Waals surface area contributed by atoms with E-state index < -0.39 is 82.1 Å². The van der Waals surface area contributed by atoms with Crippen molar-refractivity contribution in [3.05, 3.63) is 83.7 Å². The molecular formula is C33H36N2O11S. The molecule has 3 aromatic rings. The van der Waals surface area contributed by atoms with Crippen LogP contribution in [0.3, 0.4) is 0 Å². The minimum atomic E-state index is -4.45. The number of esters is 3. The molecule has 0 spiro atoms. The molecule has 0 radical (unpaired) electrons. The van der Waals surface area contributed by atoms with Crippen molar-refractivity contribution in [3.8, 4) is 11.5 Å². The van der Waals surface area contributed by atoms with Crippen LogP contribution in [0.2, 0.25) is 0 Å². The van der Waals surface area contributed by atoms with E-state index in [1.54, 1.807) is 57.2 Å². The Morgan fingerprint density at radius 1 is 1.02 bits per heavy atom. The van der Waals surface area contributed by atoms with E-state index in [4.69, 9.17) is 23.1 Å². The standard InChI is InChI=1S/C33H36N2O11S/c1-19(2)31(37)45-28-21(4)44-33(39)25(18-43-32(38)24(28)17-22-9-7-6-8-10-22)35-30(36)27-29(26(42-5)15-16-34-27)46-47(40,41)23-13-11-20(3)12-14-23/h6-16,19,21,24-25,28H,17-18H2,1-5H3,(H,35,36)/t21-,24+,25?,28?/m0/s1. The predicted molar refractivity (Wildman–Crippen MR) is 166 cm³/mol. The van der Waals surface area contributed by atoms with Gasteiger partial charge in [0.2, 0.25) is 5.75 Å². The second-order valence-corrected chi connectivity index (χ2v) is 12.7. The Kier molecular flexibility index (Phi) is 11.2. The molecule has 0 saturated carbocycles. The number of benzene rings is 2. The first-order chi connectivity index (χ1) is 22.3. The molecule has 13 nitrogen and oxygen atoms in total. The number of aryl methyl sites for hydroxylation is 1. The first kappa shape index (κ1) is 34.9. The number of rotatable bonds is 10. The lowest BCUT2D eigenvalue weighted by Gasteiger charge is -2.29. The Morgan fingerprint density at radius 3 is 2.34 bits per heavy atom. The molecule has 4 atom stereocenters. The van der Waals surface area contributed by atoms with Crippen LogP contribution in [-0.4, -0.2) is 69.2 Å². The molecule has 2 unspecified atom stereocenters. The molecule has 1 aliphatic rings. The third-order valence-corrected chi connectivity index (χ3v) is 8.51. The fraction of sp³-hybridized carbons (Fsp3) is 0.364. The summed E-state index contributed by atoms with van der Waals surface area (Å²) in [6.07, 6.45) is -1.04. The molecule has 47 heavy (non-hydrogen) atoms. The molecule has 1 aromatic heterocycles. The minimum absolute atomic E-state index is 0.110. The molecule has 1 N–H and O–H groups in total. The van der Waals surface area contributed by atoms with Crippen LogP contribution >= 0.6 is 0 Å². The number of hydrogen-bond acceptors (Lipinski definition) is 12. The number of nitrogens with one attached hydrogen (secondary N) is 1. The van der Waals surface area contributed by atoms with Crippen LogP contribution in [0.5, 0.6) is 11.5 Å². The summed E-state index contributed by atoms with van der Waals surface area (Å²) in [5.74, 6) is -5.68. The van der Waals surface area contributed by atoms with Crippen LogP contribution in [0.4, 0.5) is 0 Å². The highest BCUT2D eigenvalue weighted by Crippen LogP contribution is 2.33. The summed E-state index contributed by atoms with van der Waals surface area (Å²) in [5, 5.41) is 2.39. The van der Waals surface area contributed by atoms with Crippen molar-refractivity contribution in [1.82, 2.24) is 10.3 Å². The zero-order valence-corrected chi connectivity index (χ0v) is 27.3. The fourth-order valence-corrected chi connectivity index (χ4v) is 5.62. The number of nitrogens with zero attached hydrogens (tertiary/aromatic N) is 1. The molecule has 2 heterocycles. The van der Waals surface area contributed by atoms with E-state index in [0.29, 0.717) is 0 Å². The molecule has 0 bridgehead atoms. The number of carbonyl (C=O) groups is 4. The van der Waals surface area contributed by atoms with Crippen molar-refractivity contribution in [2.45, 2.75) is 57.3 Å². The summed E-state index contributed by atoms with van der Waals surface area (Å²) in [7, 11) is -3.21. The van der Waals surface area contributed by atoms with Crippen molar-refractivity contribution in [1.29, 1.82) is 0 Å². The molecule has 0 aliphatic carbocycles. The lowest BCUT2D eigenvalue weighted by Crippen LogP contribution is -2.47. The first-order valence-electron chi connectivity index (χ1n) is 14.8. The average molecular weight is 669 g/mol. The van der Waals surface area contributed by atoms with E-state index in [0.717, 1.165) is 11.1 Å². The topological polar surface area (TPSA) is 173 Å². The van der Waals surface area contributed by atoms with Crippen LogP contribution in [0.25, 0.3) is 0 Å². The van der Waals surface area contributed by atoms with Gasteiger partial charge in [-0.2, -0.15) is 8.42 Å². The maximum absolute atomic E-state index is 13.5. The van der Waals surface area contributed by atoms with Gasteiger partial charge < -0.3 is 28.4 Å². The summed E-state index contributed by atoms with van der Waals surface area (Å²) in [6, 6.07) is 14.5. The second-order valence-electron chi connectivity index (χ2n) is 11.2. The van der Waals surface area contributed by atoms with Gasteiger partial charge in [0.15, 0.2) is 23.6 Å². The molecule has 1 amide bonds. The van der Waals surface area contributed by atoms with Gasteiger partial charge in [-0.05, 0) is 38.0 Å². The molecule has 1 saturated heterocycles. The maximum Gasteiger partial charge on any atom is 0.339 e. The summed E-state index contributed by atoms with van der Waals surface area (Å²) < 4.78 is 53.6. The van der Waals surface area contributed by atoms with E-state index in [9.17, 15) is 27.6 Å². The number of carbonyl (C=O) groups excluding carboxylic acids is 4. The van der Waals surface area contributed by atoms with Crippen LogP contribution in [0, 0.1) is 18.8 Å². The zero-order valence-electron chi connectivity index (χ0n) is 26.5. The summed E-state index contributed by atoms with van der Waals surface area (Å²) in [4.78, 5) is 56.8. The quantitative estimate of drug-likeness (QED) is 0.190. The Labute approximate surface area is 272 Å². The van der Waals surface area contributed by atoms with Crippen molar-refractivity contribution in [2.24, 2.45) is 11.8 Å². The molecule has 2 aromatic carbocycles. The van der Waals surface area contributed by atoms with Crippen molar-refractivity contribution in [3.63, 3.8) is 0 Å². The number of pyridine rings is 1. The van der Waals surface area contributed by atoms with E-state index in [1.807, 2.05) is 6.07 Å². The van der Waals surface area contributed by atoms with E-state index in [1.165, 1.54) is 38.4 Å². The Balaban J connectivity index is 1.62. The average Bonchev–Trinajstić information content (AvgIpc) is 3.07. The lowest BCUT2D eigenvalue weighted by atomic mass is 9.91. The highest BCUT2D eigenvalue weighted by Gasteiger charge is 2.42. The first-order valence-corrected chi connectivity index (χ1v) is 16.2. The van der Waals surface area contributed by atoms with E-state index in [-0.39, 0.29) is 17.1 Å². The zero-order chi connectivity index (χ0) is 34.3. The summed E-state index contributed by atoms with van der Waals surface area (Å²) >= 11 is 0. The molecule has 14 heteroatoms. The summed E-state index contributed by atoms with van der Waals surface area (Å²) in [6.45, 7) is 5.86. The third kappa shape index (κ3) is 8.64. The van der Waals surface area contributed by atoms with Gasteiger partial charge in [0.25, 0.3) is 5.91 Å². The van der Waals surface area contributed by atoms with Crippen LogP contribution < -0.4 is 14.2 Å². The Morgan fingerprint density at radius 2 is 1.70 bits per heavy atom. The van der Waals surface area contributed by atoms with Gasteiger partial charge in [-0.3, -0.25) is 14.4 Å². The normalized spacial score (nSPS) is 20.1. The number of aromatic nitrogens is 1. The SMILES string of the molecule is COc1ccnc(C(=O)NC2COC(=O)[C@H](Cc3ccccc3)C(OC(=O)C(C)C)[C@H](C)OC2=O)c1OS(=O)(=O)c1ccc(C)cc1. The van der Waals surface area contributed by atoms with Crippen molar-refractivity contribution >= 4 is 33.9 Å². The second kappa shape index (κ2) is 15.1. The lowest BCUT2D eigenvalue weighted by molar-refractivity contribution is -0.176. The van der Waals surface area contributed by atoms with Crippen LogP contribution in [0.1, 0.15) is 42.4 Å². The van der Waals surface area contributed by atoms with Crippen LogP contribution in [0.15, 0.2) is 71.8 Å². The van der Waals surface area contributed by atoms with Gasteiger partial charge >= 0.3 is 28.0 Å². The minimum Gasteiger partial charge on any atom is -0.493 e. The molecule has 250 valence electrons. The van der Waals surface area contributed by atoms with Gasteiger partial charge in [0.05, 0.1) is 13.0 Å². The number of hydrogen-bond donors (Lipinski definition) is 1. The van der Waals surface area contributed by atoms with Crippen molar-refractivity contribution < 1.29 is 50.7 Å². The van der Waals surface area contributed by atoms with E-state index in [2.05, 4.69) is 10.3 Å². The largest absolute Gasteiger partial charge is 0.493 e. The maximum atomic E-state index is 13.5. The third-order valence-electron chi connectivity index (χ3n) is 7.27. The highest BCUT2D eigenvalue weighted by atomic mass is 32.2. The van der Waals surface area contributed by atoms with Gasteiger partial charge in [0, 0.05) is 12.3 Å². The number of amides is 1. The number of cyclic esters (lactones) is 2. The Hall–Kier alpha value is -4.98. The van der Waals surface area contributed by atoms with Crippen molar-refractivity contribution in [2.75, 3.05) is 13.7 Å². The van der Waals surface area contributed by atoms with Gasteiger partial charge in [-0.25, -0.2) is 9.78 Å². The van der Waals surface area contributed by atoms with Gasteiger partial charge in [-0.1, -0.05) is 61.9 Å². The van der Waals surface area contributed by atoms with Gasteiger partial charge in [0.1, 0.15) is 23.5 Å². The number of ether oxygens (including phenoxy) is 4. The molecule has 1 fully saturated rings. The molecule has 1 aliphatic heterocycles. The van der Waals surface area contributed by atoms with Crippen LogP contribution in [-0.2, 0) is 45.1 Å². The monoisotopic (exact) mass is 668 g/mol. The number of methoxy groups -OCH3 is 1. The Bertz CT molecular complexity index is 1710.